The van der Waals surface area contributed by atoms with Crippen LogP contribution in [-0.4, -0.2) is 22.8 Å². The molecule has 0 N–H and O–H groups in total. The Balaban J connectivity index is 0.00000225. The van der Waals surface area contributed by atoms with Crippen LogP contribution >= 0.6 is 47.3 Å². The minimum absolute atomic E-state index is 0. The van der Waals surface area contributed by atoms with E-state index in [0.29, 0.717) is 5.02 Å². The molecule has 0 amide bonds. The van der Waals surface area contributed by atoms with Crippen molar-refractivity contribution in [3.8, 4) is 0 Å². The van der Waals surface area contributed by atoms with Gasteiger partial charge in [0.15, 0.2) is 11.0 Å². The third-order valence-electron chi connectivity index (χ3n) is 5.40. The van der Waals surface area contributed by atoms with E-state index < -0.39 is 0 Å². The molecule has 2 aliphatic rings. The Labute approximate surface area is 193 Å². The van der Waals surface area contributed by atoms with Crippen molar-refractivity contribution in [1.29, 1.82) is 0 Å². The smallest absolute Gasteiger partial charge is 0.170 e. The fraction of sp³-hybridized carbons (Fsp3) is 0.364. The first-order valence-electron chi connectivity index (χ1n) is 9.47. The van der Waals surface area contributed by atoms with Crippen molar-refractivity contribution in [2.45, 2.75) is 44.6 Å². The predicted molar refractivity (Wildman–Crippen MR) is 134 cm³/mol. The zero-order valence-corrected chi connectivity index (χ0v) is 20.1. The molecule has 28 heavy (non-hydrogen) atoms. The van der Waals surface area contributed by atoms with E-state index in [1.54, 1.807) is 11.8 Å². The van der Waals surface area contributed by atoms with Gasteiger partial charge >= 0.3 is 0 Å². The molecule has 2 aromatic carbocycles. The molecule has 0 atom stereocenters. The first-order valence-corrected chi connectivity index (χ1v) is 11.1. The number of nitrogens with zero attached hydrogens (tertiary/aromatic N) is 3. The lowest BCUT2D eigenvalue weighted by Crippen LogP contribution is -2.52. The number of anilines is 1. The fourth-order valence-electron chi connectivity index (χ4n) is 4.17. The summed E-state index contributed by atoms with van der Waals surface area (Å²) in [6.07, 6.45) is 7.94. The molecule has 6 heteroatoms. The van der Waals surface area contributed by atoms with Gasteiger partial charge in [0, 0.05) is 10.7 Å². The summed E-state index contributed by atoms with van der Waals surface area (Å²) in [6.45, 7) is 2.14. The lowest BCUT2D eigenvalue weighted by atomic mass is 9.79. The molecule has 148 valence electrons. The van der Waals surface area contributed by atoms with Crippen LogP contribution in [0.4, 0.5) is 11.4 Å². The molecular weight excluding hydrogens is 501 g/mol. The summed E-state index contributed by atoms with van der Waals surface area (Å²) in [5, 5.41) is 1.74. The summed E-state index contributed by atoms with van der Waals surface area (Å²) in [5.74, 6) is 0.926. The average molecular weight is 526 g/mol. The molecular formula is C22H25ClIN3S. The van der Waals surface area contributed by atoms with E-state index in [-0.39, 0.29) is 29.5 Å². The van der Waals surface area contributed by atoms with Gasteiger partial charge in [-0.1, -0.05) is 60.8 Å². The van der Waals surface area contributed by atoms with Crippen LogP contribution in [0.1, 0.15) is 37.7 Å². The molecule has 2 aromatic rings. The molecule has 1 spiro atoms. The van der Waals surface area contributed by atoms with Crippen LogP contribution in [0.25, 0.3) is 0 Å². The molecule has 0 saturated heterocycles. The maximum atomic E-state index is 6.19. The molecule has 0 bridgehead atoms. The Morgan fingerprint density at radius 1 is 1.07 bits per heavy atom. The van der Waals surface area contributed by atoms with Gasteiger partial charge in [0.1, 0.15) is 5.54 Å². The number of aliphatic imine (C=N–C) groups is 2. The molecule has 1 aliphatic heterocycles. The minimum atomic E-state index is -0.160. The second-order valence-electron chi connectivity index (χ2n) is 7.28. The van der Waals surface area contributed by atoms with Crippen molar-refractivity contribution in [2.24, 2.45) is 9.98 Å². The maximum absolute atomic E-state index is 6.19. The summed E-state index contributed by atoms with van der Waals surface area (Å²) in [7, 11) is 0. The van der Waals surface area contributed by atoms with E-state index in [1.807, 2.05) is 24.3 Å². The van der Waals surface area contributed by atoms with E-state index >= 15 is 0 Å². The van der Waals surface area contributed by atoms with Gasteiger partial charge in [-0.3, -0.25) is 0 Å². The number of thioether (sulfide) groups is 1. The highest BCUT2D eigenvalue weighted by Crippen LogP contribution is 2.44. The van der Waals surface area contributed by atoms with Crippen LogP contribution in [-0.2, 0) is 0 Å². The summed E-state index contributed by atoms with van der Waals surface area (Å²) in [6, 6.07) is 16.5. The Morgan fingerprint density at radius 2 is 1.82 bits per heavy atom. The second-order valence-corrected chi connectivity index (χ2v) is 8.49. The number of halogens is 2. The van der Waals surface area contributed by atoms with Crippen LogP contribution < -0.4 is 4.90 Å². The van der Waals surface area contributed by atoms with Gasteiger partial charge in [0.05, 0.1) is 5.69 Å². The van der Waals surface area contributed by atoms with Crippen molar-refractivity contribution < 1.29 is 0 Å². The molecule has 3 nitrogen and oxygen atoms in total. The quantitative estimate of drug-likeness (QED) is 0.387. The van der Waals surface area contributed by atoms with Crippen LogP contribution in [0.2, 0.25) is 5.02 Å². The summed E-state index contributed by atoms with van der Waals surface area (Å²) in [4.78, 5) is 12.4. The molecule has 0 aromatic heterocycles. The van der Waals surface area contributed by atoms with Gasteiger partial charge in [0.25, 0.3) is 0 Å². The number of benzene rings is 2. The fourth-order valence-corrected chi connectivity index (χ4v) is 5.00. The molecule has 1 aliphatic carbocycles. The van der Waals surface area contributed by atoms with Crippen molar-refractivity contribution in [2.75, 3.05) is 11.2 Å². The van der Waals surface area contributed by atoms with E-state index in [9.17, 15) is 0 Å². The number of aryl methyl sites for hydroxylation is 1. The van der Waals surface area contributed by atoms with E-state index in [2.05, 4.69) is 42.3 Å². The molecule has 4 rings (SSSR count). The summed E-state index contributed by atoms with van der Waals surface area (Å²) in [5.41, 5.74) is 3.19. The first-order chi connectivity index (χ1) is 13.1. The highest BCUT2D eigenvalue weighted by atomic mass is 127. The number of rotatable bonds is 2. The van der Waals surface area contributed by atoms with E-state index in [0.717, 1.165) is 29.5 Å². The van der Waals surface area contributed by atoms with Gasteiger partial charge in [-0.15, -0.1) is 24.0 Å². The van der Waals surface area contributed by atoms with Gasteiger partial charge in [-0.05, 0) is 61.9 Å². The highest BCUT2D eigenvalue weighted by molar-refractivity contribution is 14.0. The molecule has 0 unspecified atom stereocenters. The molecule has 1 heterocycles. The van der Waals surface area contributed by atoms with Crippen molar-refractivity contribution >= 4 is 69.7 Å². The average Bonchev–Trinajstić information content (AvgIpc) is 2.95. The summed E-state index contributed by atoms with van der Waals surface area (Å²) >= 11 is 7.88. The van der Waals surface area contributed by atoms with Crippen LogP contribution in [0.3, 0.4) is 0 Å². The minimum Gasteiger partial charge on any atom is -0.307 e. The lowest BCUT2D eigenvalue weighted by Gasteiger charge is -2.42. The van der Waals surface area contributed by atoms with Crippen molar-refractivity contribution in [3.05, 3.63) is 59.1 Å². The van der Waals surface area contributed by atoms with Crippen molar-refractivity contribution in [1.82, 2.24) is 0 Å². The third-order valence-corrected chi connectivity index (χ3v) is 6.28. The van der Waals surface area contributed by atoms with E-state index in [1.165, 1.54) is 30.5 Å². The van der Waals surface area contributed by atoms with Crippen LogP contribution in [0.5, 0.6) is 0 Å². The monoisotopic (exact) mass is 525 g/mol. The maximum Gasteiger partial charge on any atom is 0.170 e. The van der Waals surface area contributed by atoms with E-state index in [4.69, 9.17) is 21.6 Å². The van der Waals surface area contributed by atoms with Gasteiger partial charge in [0.2, 0.25) is 0 Å². The van der Waals surface area contributed by atoms with Gasteiger partial charge < -0.3 is 4.90 Å². The van der Waals surface area contributed by atoms with Gasteiger partial charge in [-0.25, -0.2) is 9.98 Å². The SMILES string of the molecule is CSC1=NC(=Nc2cccc(Cl)c2)C2(CCCCC2)N1c1cccc(C)c1.I. The molecule has 1 fully saturated rings. The largest absolute Gasteiger partial charge is 0.307 e. The summed E-state index contributed by atoms with van der Waals surface area (Å²) < 4.78 is 0. The Hall–Kier alpha value is -1.05. The van der Waals surface area contributed by atoms with Crippen LogP contribution in [0, 0.1) is 6.92 Å². The molecule has 1 saturated carbocycles. The molecule has 0 radical (unpaired) electrons. The third kappa shape index (κ3) is 4.12. The second kappa shape index (κ2) is 9.18. The standard InChI is InChI=1S/C22H24ClN3S.HI/c1-16-8-6-11-19(14-16)26-21(27-2)25-20(22(26)12-4-3-5-13-22)24-18-10-7-9-17(23)15-18;/h6-11,14-15H,3-5,12-13H2,1-2H3;1H. The number of hydrogen-bond donors (Lipinski definition) is 0. The van der Waals surface area contributed by atoms with Gasteiger partial charge in [-0.2, -0.15) is 0 Å². The Bertz CT molecular complexity index is 906. The number of amidine groups is 2. The topological polar surface area (TPSA) is 28.0 Å². The van der Waals surface area contributed by atoms with Crippen LogP contribution in [0.15, 0.2) is 58.5 Å². The highest BCUT2D eigenvalue weighted by Gasteiger charge is 2.49. The lowest BCUT2D eigenvalue weighted by molar-refractivity contribution is 0.385. The Kier molecular flexibility index (Phi) is 7.10. The first kappa shape index (κ1) is 21.7. The Morgan fingerprint density at radius 3 is 2.50 bits per heavy atom. The predicted octanol–water partition coefficient (Wildman–Crippen LogP) is 7.24. The zero-order chi connectivity index (χ0) is 18.9. The normalized spacial score (nSPS) is 19.6. The number of hydrogen-bond acceptors (Lipinski definition) is 3. The van der Waals surface area contributed by atoms with Crippen molar-refractivity contribution in [3.63, 3.8) is 0 Å². The zero-order valence-electron chi connectivity index (χ0n) is 16.2.